The zero-order valence-corrected chi connectivity index (χ0v) is 26.4. The number of hydrogen-bond acceptors (Lipinski definition) is 10. The molecule has 0 saturated carbocycles. The maximum Gasteiger partial charge on any atom is 0.416 e. The van der Waals surface area contributed by atoms with Crippen molar-refractivity contribution in [2.45, 2.75) is 25.2 Å². The molecular weight excluding hydrogens is 674 g/mol. The van der Waals surface area contributed by atoms with Crippen molar-refractivity contribution in [2.75, 3.05) is 53.1 Å². The van der Waals surface area contributed by atoms with E-state index in [0.717, 1.165) is 11.8 Å². The highest BCUT2D eigenvalue weighted by atomic mass is 32.2. The van der Waals surface area contributed by atoms with E-state index in [1.807, 2.05) is 0 Å². The summed E-state index contributed by atoms with van der Waals surface area (Å²) in [7, 11) is 1.30. The smallest absolute Gasteiger partial charge is 0.416 e. The number of hydrogen-bond donors (Lipinski definition) is 1. The lowest BCUT2D eigenvalue weighted by Gasteiger charge is -2.27. The van der Waals surface area contributed by atoms with E-state index in [-0.39, 0.29) is 51.1 Å². The quantitative estimate of drug-likeness (QED) is 0.158. The van der Waals surface area contributed by atoms with Gasteiger partial charge in [-0.2, -0.15) is 31.6 Å². The molecule has 0 bridgehead atoms. The van der Waals surface area contributed by atoms with Crippen LogP contribution in [-0.4, -0.2) is 93.8 Å². The van der Waals surface area contributed by atoms with E-state index >= 15 is 0 Å². The molecule has 5 rings (SSSR count). The van der Waals surface area contributed by atoms with Crippen LogP contribution in [0.15, 0.2) is 35.2 Å². The second kappa shape index (κ2) is 14.6. The molecule has 0 spiro atoms. The number of carbonyl (C=O) groups excluding carboxylic acids is 1. The number of amides is 1. The third-order valence-corrected chi connectivity index (χ3v) is 8.67. The SMILES string of the molecule is COc1cc(/C=C2\SC(=S)N(CCCc3nn[nH]n3)C2=O)cc(-c2cc(C(F)(F)F)cc(C(F)(F)F)c2)c1OCCN1CCOCC1. The van der Waals surface area contributed by atoms with Gasteiger partial charge in [-0.25, -0.2) is 0 Å². The third-order valence-electron chi connectivity index (χ3n) is 7.30. The molecule has 10 nitrogen and oxygen atoms in total. The predicted octanol–water partition coefficient (Wildman–Crippen LogP) is 5.46. The number of aromatic amines is 1. The number of nitrogens with one attached hydrogen (secondary N) is 1. The number of ether oxygens (including phenoxy) is 3. The monoisotopic (exact) mass is 702 g/mol. The number of thioether (sulfide) groups is 1. The van der Waals surface area contributed by atoms with Crippen LogP contribution in [0.4, 0.5) is 26.3 Å². The van der Waals surface area contributed by atoms with Crippen molar-refractivity contribution in [3.63, 3.8) is 0 Å². The first-order valence-corrected chi connectivity index (χ1v) is 15.5. The molecule has 2 fully saturated rings. The van der Waals surface area contributed by atoms with Gasteiger partial charge in [-0.05, 0) is 54.0 Å². The lowest BCUT2D eigenvalue weighted by molar-refractivity contribution is -0.143. The number of carbonyl (C=O) groups is 1. The maximum atomic E-state index is 13.8. The number of H-pyrrole nitrogens is 1. The number of alkyl halides is 6. The molecule has 0 aliphatic carbocycles. The molecule has 2 aliphatic rings. The van der Waals surface area contributed by atoms with Crippen LogP contribution in [0.25, 0.3) is 17.2 Å². The molecule has 1 aromatic heterocycles. The minimum atomic E-state index is -5.06. The number of halogens is 6. The Labute approximate surface area is 274 Å². The molecule has 18 heteroatoms. The molecule has 2 aliphatic heterocycles. The van der Waals surface area contributed by atoms with E-state index < -0.39 is 35.0 Å². The van der Waals surface area contributed by atoms with Gasteiger partial charge >= 0.3 is 12.4 Å². The number of methoxy groups -OCH3 is 1. The Morgan fingerprint density at radius 1 is 1.04 bits per heavy atom. The van der Waals surface area contributed by atoms with Gasteiger partial charge < -0.3 is 14.2 Å². The molecule has 3 heterocycles. The number of morpholine rings is 1. The average Bonchev–Trinajstić information content (AvgIpc) is 3.64. The zero-order valence-electron chi connectivity index (χ0n) is 24.8. The van der Waals surface area contributed by atoms with Gasteiger partial charge in [0.25, 0.3) is 5.91 Å². The van der Waals surface area contributed by atoms with Gasteiger partial charge in [-0.3, -0.25) is 14.6 Å². The molecule has 252 valence electrons. The molecule has 3 aromatic rings. The van der Waals surface area contributed by atoms with Crippen molar-refractivity contribution in [2.24, 2.45) is 0 Å². The van der Waals surface area contributed by atoms with Crippen LogP contribution in [0.3, 0.4) is 0 Å². The largest absolute Gasteiger partial charge is 0.493 e. The van der Waals surface area contributed by atoms with Crippen LogP contribution in [0.2, 0.25) is 0 Å². The van der Waals surface area contributed by atoms with E-state index in [4.69, 9.17) is 26.4 Å². The fourth-order valence-corrected chi connectivity index (χ4v) is 6.27. The molecular formula is C29H28F6N6O4S2. The molecule has 2 saturated heterocycles. The van der Waals surface area contributed by atoms with Gasteiger partial charge in [0, 0.05) is 38.2 Å². The van der Waals surface area contributed by atoms with Gasteiger partial charge in [0.1, 0.15) is 10.9 Å². The Kier molecular flexibility index (Phi) is 10.7. The van der Waals surface area contributed by atoms with E-state index in [1.54, 1.807) is 0 Å². The first-order valence-electron chi connectivity index (χ1n) is 14.3. The van der Waals surface area contributed by atoms with Crippen molar-refractivity contribution in [3.05, 3.63) is 57.8 Å². The summed E-state index contributed by atoms with van der Waals surface area (Å²) in [6, 6.07) is 4.19. The summed E-state index contributed by atoms with van der Waals surface area (Å²) >= 11 is 6.42. The summed E-state index contributed by atoms with van der Waals surface area (Å²) in [5.74, 6) is 0.0793. The Hall–Kier alpha value is -3.74. The summed E-state index contributed by atoms with van der Waals surface area (Å²) in [5, 5.41) is 13.6. The average molecular weight is 703 g/mol. The van der Waals surface area contributed by atoms with Crippen molar-refractivity contribution in [3.8, 4) is 22.6 Å². The predicted molar refractivity (Wildman–Crippen MR) is 164 cm³/mol. The highest BCUT2D eigenvalue weighted by Gasteiger charge is 2.38. The van der Waals surface area contributed by atoms with Crippen molar-refractivity contribution < 1.29 is 45.3 Å². The van der Waals surface area contributed by atoms with Gasteiger partial charge in [0.2, 0.25) is 0 Å². The van der Waals surface area contributed by atoms with E-state index in [1.165, 1.54) is 30.2 Å². The van der Waals surface area contributed by atoms with Gasteiger partial charge in [0.05, 0.1) is 36.4 Å². The summed E-state index contributed by atoms with van der Waals surface area (Å²) < 4.78 is 100. The molecule has 0 atom stereocenters. The Morgan fingerprint density at radius 3 is 2.36 bits per heavy atom. The van der Waals surface area contributed by atoms with Crippen LogP contribution in [0, 0.1) is 0 Å². The van der Waals surface area contributed by atoms with Crippen molar-refractivity contribution in [1.29, 1.82) is 0 Å². The molecule has 1 amide bonds. The summed E-state index contributed by atoms with van der Waals surface area (Å²) in [6.45, 7) is 3.10. The standard InChI is InChI=1S/C29H28F6N6O4S2/c1-43-22-12-17(13-23-26(42)41(27(46)47-23)4-2-3-24-36-38-39-37-24)11-21(25(22)45-10-7-40-5-8-44-9-6-40)18-14-19(28(30,31)32)16-20(15-18)29(33,34)35/h11-16H,2-10H2,1H3,(H,36,37,38,39)/b23-13-. The van der Waals surface area contributed by atoms with Gasteiger partial charge in [-0.15, -0.1) is 10.2 Å². The van der Waals surface area contributed by atoms with E-state index in [9.17, 15) is 31.1 Å². The number of nitrogens with zero attached hydrogens (tertiary/aromatic N) is 5. The number of thiocarbonyl (C=S) groups is 1. The summed E-state index contributed by atoms with van der Waals surface area (Å²) in [6.07, 6.45) is -7.73. The molecule has 1 N–H and O–H groups in total. The number of rotatable bonds is 11. The lowest BCUT2D eigenvalue weighted by atomic mass is 9.96. The van der Waals surface area contributed by atoms with Crippen LogP contribution in [-0.2, 0) is 28.3 Å². The summed E-state index contributed by atoms with van der Waals surface area (Å²) in [5.41, 5.74) is -3.16. The second-order valence-electron chi connectivity index (χ2n) is 10.5. The van der Waals surface area contributed by atoms with Crippen LogP contribution < -0.4 is 9.47 Å². The Morgan fingerprint density at radius 2 is 1.74 bits per heavy atom. The van der Waals surface area contributed by atoms with Crippen molar-refractivity contribution in [1.82, 2.24) is 30.4 Å². The molecule has 0 radical (unpaired) electrons. The van der Waals surface area contributed by atoms with Crippen LogP contribution in [0.1, 0.15) is 28.9 Å². The first kappa shape index (κ1) is 34.6. The topological polar surface area (TPSA) is 106 Å². The maximum absolute atomic E-state index is 13.8. The van der Waals surface area contributed by atoms with Crippen molar-refractivity contribution >= 4 is 40.3 Å². The van der Waals surface area contributed by atoms with Gasteiger partial charge in [-0.1, -0.05) is 29.2 Å². The van der Waals surface area contributed by atoms with Crippen LogP contribution >= 0.6 is 24.0 Å². The molecule has 2 aromatic carbocycles. The number of aromatic nitrogens is 4. The second-order valence-corrected chi connectivity index (χ2v) is 12.1. The number of tetrazole rings is 1. The minimum Gasteiger partial charge on any atom is -0.493 e. The fraction of sp³-hybridized carbons (Fsp3) is 0.414. The van der Waals surface area contributed by atoms with E-state index in [2.05, 4.69) is 25.5 Å². The molecule has 0 unspecified atom stereocenters. The van der Waals surface area contributed by atoms with Gasteiger partial charge in [0.15, 0.2) is 17.3 Å². The summed E-state index contributed by atoms with van der Waals surface area (Å²) in [4.78, 5) is 16.9. The minimum absolute atomic E-state index is 0.0422. The van der Waals surface area contributed by atoms with E-state index in [0.29, 0.717) is 63.6 Å². The molecule has 47 heavy (non-hydrogen) atoms. The Balaban J connectivity index is 1.51. The zero-order chi connectivity index (χ0) is 33.8. The highest BCUT2D eigenvalue weighted by molar-refractivity contribution is 8.26. The normalized spacial score (nSPS) is 17.2. The Bertz CT molecular complexity index is 1600. The lowest BCUT2D eigenvalue weighted by Crippen LogP contribution is -2.38. The fourth-order valence-electron chi connectivity index (χ4n) is 4.96. The van der Waals surface area contributed by atoms with Crippen LogP contribution in [0.5, 0.6) is 11.5 Å². The number of benzene rings is 2. The first-order chi connectivity index (χ1) is 22.3. The highest BCUT2D eigenvalue weighted by Crippen LogP contribution is 2.45. The third kappa shape index (κ3) is 8.60. The number of aryl methyl sites for hydroxylation is 1.